The van der Waals surface area contributed by atoms with Gasteiger partial charge in [0.1, 0.15) is 0 Å². The molecule has 0 saturated carbocycles. The summed E-state index contributed by atoms with van der Waals surface area (Å²) in [5.74, 6) is 0.381. The number of urea groups is 1. The lowest BCUT2D eigenvalue weighted by atomic mass is 10.7. The predicted molar refractivity (Wildman–Crippen MR) is 36.1 cm³/mol. The van der Waals surface area contributed by atoms with Crippen molar-refractivity contribution in [1.82, 2.24) is 10.6 Å². The quantitative estimate of drug-likeness (QED) is 0.366. The Labute approximate surface area is 54.3 Å². The molecule has 0 aromatic heterocycles. The van der Waals surface area contributed by atoms with E-state index in [1.807, 2.05) is 6.92 Å². The van der Waals surface area contributed by atoms with Crippen LogP contribution in [0.1, 0.15) is 6.92 Å². The molecule has 3 nitrogen and oxygen atoms in total. The van der Waals surface area contributed by atoms with Gasteiger partial charge in [-0.15, -0.1) is 0 Å². The fourth-order valence-electron chi connectivity index (χ4n) is 0.295. The minimum atomic E-state index is -0.164. The van der Waals surface area contributed by atoms with Gasteiger partial charge in [-0.3, -0.25) is 0 Å². The summed E-state index contributed by atoms with van der Waals surface area (Å²) in [4.78, 5) is 10.4. The molecule has 0 atom stereocenters. The molecule has 48 valence electrons. The van der Waals surface area contributed by atoms with Crippen LogP contribution < -0.4 is 10.6 Å². The highest BCUT2D eigenvalue weighted by molar-refractivity contribution is 7.80. The summed E-state index contributed by atoms with van der Waals surface area (Å²) in [6.45, 7) is 2.51. The molecule has 8 heavy (non-hydrogen) atoms. The number of nitrogens with one attached hydrogen (secondary N) is 2. The number of thiol groups is 1. The van der Waals surface area contributed by atoms with E-state index in [2.05, 4.69) is 23.3 Å². The molecule has 2 amide bonds. The molecule has 0 aromatic carbocycles. The molecule has 0 unspecified atom stereocenters. The lowest BCUT2D eigenvalue weighted by Crippen LogP contribution is -2.34. The summed E-state index contributed by atoms with van der Waals surface area (Å²) in [6, 6.07) is -0.164. The number of amides is 2. The number of carbonyl (C=O) groups excluding carboxylic acids is 1. The Bertz CT molecular complexity index is 68.4. The van der Waals surface area contributed by atoms with E-state index in [-0.39, 0.29) is 6.03 Å². The Morgan fingerprint density at radius 3 is 2.62 bits per heavy atom. The minimum Gasteiger partial charge on any atom is -0.338 e. The zero-order valence-electron chi connectivity index (χ0n) is 4.77. The van der Waals surface area contributed by atoms with Gasteiger partial charge in [0.05, 0.1) is 5.88 Å². The minimum absolute atomic E-state index is 0.164. The zero-order valence-corrected chi connectivity index (χ0v) is 5.66. The molecular formula is C4H10N2OS. The van der Waals surface area contributed by atoms with E-state index < -0.39 is 0 Å². The van der Waals surface area contributed by atoms with Crippen LogP contribution in [0.3, 0.4) is 0 Å². The van der Waals surface area contributed by atoms with Crippen LogP contribution in [0.4, 0.5) is 4.79 Å². The van der Waals surface area contributed by atoms with Gasteiger partial charge in [-0.05, 0) is 6.92 Å². The highest BCUT2D eigenvalue weighted by Gasteiger charge is 1.90. The average molecular weight is 134 g/mol. The fourth-order valence-corrected chi connectivity index (χ4v) is 0.438. The third-order valence-electron chi connectivity index (χ3n) is 0.577. The first-order valence-corrected chi connectivity index (χ1v) is 3.07. The van der Waals surface area contributed by atoms with Crippen molar-refractivity contribution >= 4 is 18.7 Å². The molecule has 0 rings (SSSR count). The molecule has 0 radical (unpaired) electrons. The second-order valence-electron chi connectivity index (χ2n) is 1.19. The number of hydrogen-bond donors (Lipinski definition) is 3. The van der Waals surface area contributed by atoms with Gasteiger partial charge in [0, 0.05) is 6.54 Å². The van der Waals surface area contributed by atoms with Crippen molar-refractivity contribution in [2.75, 3.05) is 12.4 Å². The third-order valence-corrected chi connectivity index (χ3v) is 0.735. The molecular weight excluding hydrogens is 124 g/mol. The summed E-state index contributed by atoms with van der Waals surface area (Å²) in [5, 5.41) is 5.01. The Balaban J connectivity index is 3.06. The summed E-state index contributed by atoms with van der Waals surface area (Å²) >= 11 is 3.78. The van der Waals surface area contributed by atoms with Crippen LogP contribution in [0.5, 0.6) is 0 Å². The highest BCUT2D eigenvalue weighted by Crippen LogP contribution is 1.65. The van der Waals surface area contributed by atoms with Gasteiger partial charge in [0.15, 0.2) is 0 Å². The molecule has 0 aliphatic carbocycles. The summed E-state index contributed by atoms with van der Waals surface area (Å²) in [6.07, 6.45) is 0. The first kappa shape index (κ1) is 7.62. The number of hydrogen-bond acceptors (Lipinski definition) is 2. The topological polar surface area (TPSA) is 41.1 Å². The predicted octanol–water partition coefficient (Wildman–Crippen LogP) is 0.193. The molecule has 0 aliphatic heterocycles. The van der Waals surface area contributed by atoms with E-state index in [9.17, 15) is 4.79 Å². The average Bonchev–Trinajstić information content (AvgIpc) is 1.68. The standard InChI is InChI=1S/C4H10N2OS/c1-2-5-4(7)6-3-8/h8H,2-3H2,1H3,(H2,5,6,7). The second-order valence-corrected chi connectivity index (χ2v) is 1.51. The molecule has 0 heterocycles. The fraction of sp³-hybridized carbons (Fsp3) is 0.750. The van der Waals surface area contributed by atoms with E-state index in [1.165, 1.54) is 0 Å². The third kappa shape index (κ3) is 3.80. The summed E-state index contributed by atoms with van der Waals surface area (Å²) < 4.78 is 0. The van der Waals surface area contributed by atoms with E-state index in [4.69, 9.17) is 0 Å². The Morgan fingerprint density at radius 1 is 1.62 bits per heavy atom. The maximum atomic E-state index is 10.4. The summed E-state index contributed by atoms with van der Waals surface area (Å²) in [7, 11) is 0. The Kier molecular flexibility index (Phi) is 4.54. The van der Waals surface area contributed by atoms with Crippen molar-refractivity contribution in [3.05, 3.63) is 0 Å². The maximum Gasteiger partial charge on any atom is 0.315 e. The largest absolute Gasteiger partial charge is 0.338 e. The van der Waals surface area contributed by atoms with Crippen molar-refractivity contribution in [3.8, 4) is 0 Å². The normalized spacial score (nSPS) is 8.25. The van der Waals surface area contributed by atoms with Crippen molar-refractivity contribution < 1.29 is 4.79 Å². The van der Waals surface area contributed by atoms with Crippen LogP contribution in [0.15, 0.2) is 0 Å². The van der Waals surface area contributed by atoms with E-state index in [0.717, 1.165) is 0 Å². The van der Waals surface area contributed by atoms with Crippen molar-refractivity contribution in [3.63, 3.8) is 0 Å². The molecule has 2 N–H and O–H groups in total. The zero-order chi connectivity index (χ0) is 6.41. The first-order chi connectivity index (χ1) is 3.81. The van der Waals surface area contributed by atoms with Crippen LogP contribution in [0.25, 0.3) is 0 Å². The lowest BCUT2D eigenvalue weighted by molar-refractivity contribution is 0.243. The van der Waals surface area contributed by atoms with Gasteiger partial charge >= 0.3 is 6.03 Å². The van der Waals surface area contributed by atoms with Gasteiger partial charge < -0.3 is 10.6 Å². The van der Waals surface area contributed by atoms with Gasteiger partial charge in [0.2, 0.25) is 0 Å². The molecule has 0 spiro atoms. The van der Waals surface area contributed by atoms with E-state index in [0.29, 0.717) is 12.4 Å². The molecule has 0 aromatic rings. The van der Waals surface area contributed by atoms with Crippen molar-refractivity contribution in [1.29, 1.82) is 0 Å². The maximum absolute atomic E-state index is 10.4. The van der Waals surface area contributed by atoms with Gasteiger partial charge in [-0.2, -0.15) is 12.6 Å². The van der Waals surface area contributed by atoms with Crippen LogP contribution in [-0.2, 0) is 0 Å². The first-order valence-electron chi connectivity index (χ1n) is 2.43. The molecule has 4 heteroatoms. The monoisotopic (exact) mass is 134 g/mol. The number of rotatable bonds is 2. The van der Waals surface area contributed by atoms with Crippen LogP contribution >= 0.6 is 12.6 Å². The van der Waals surface area contributed by atoms with Crippen molar-refractivity contribution in [2.24, 2.45) is 0 Å². The lowest BCUT2D eigenvalue weighted by Gasteiger charge is -1.99. The molecule has 0 bridgehead atoms. The highest BCUT2D eigenvalue weighted by atomic mass is 32.1. The van der Waals surface area contributed by atoms with Crippen LogP contribution in [0, 0.1) is 0 Å². The smallest absolute Gasteiger partial charge is 0.315 e. The molecule has 0 aliphatic rings. The van der Waals surface area contributed by atoms with Crippen molar-refractivity contribution in [2.45, 2.75) is 6.92 Å². The number of carbonyl (C=O) groups is 1. The second kappa shape index (κ2) is 4.77. The Morgan fingerprint density at radius 2 is 2.25 bits per heavy atom. The summed E-state index contributed by atoms with van der Waals surface area (Å²) in [5.41, 5.74) is 0. The van der Waals surface area contributed by atoms with Crippen LogP contribution in [0.2, 0.25) is 0 Å². The van der Waals surface area contributed by atoms with Gasteiger partial charge in [-0.1, -0.05) is 0 Å². The Hall–Kier alpha value is -0.380. The van der Waals surface area contributed by atoms with Gasteiger partial charge in [0.25, 0.3) is 0 Å². The van der Waals surface area contributed by atoms with E-state index >= 15 is 0 Å². The van der Waals surface area contributed by atoms with E-state index in [1.54, 1.807) is 0 Å². The SMILES string of the molecule is CCNC(=O)NCS. The van der Waals surface area contributed by atoms with Crippen LogP contribution in [-0.4, -0.2) is 18.5 Å². The molecule has 0 saturated heterocycles. The molecule has 0 fully saturated rings. The van der Waals surface area contributed by atoms with Gasteiger partial charge in [-0.25, -0.2) is 4.79 Å².